The first-order valence-electron chi connectivity index (χ1n) is 7.94. The van der Waals surface area contributed by atoms with Gasteiger partial charge in [0, 0.05) is 17.3 Å². The zero-order valence-corrected chi connectivity index (χ0v) is 13.5. The molecule has 0 aliphatic carbocycles. The molecule has 1 aromatic carbocycles. The van der Waals surface area contributed by atoms with E-state index in [-0.39, 0.29) is 17.9 Å². The fraction of sp³-hybridized carbons (Fsp3) is 0.529. The third kappa shape index (κ3) is 3.65. The van der Waals surface area contributed by atoms with Crippen LogP contribution in [0.5, 0.6) is 0 Å². The van der Waals surface area contributed by atoms with Gasteiger partial charge in [0.2, 0.25) is 5.91 Å². The lowest BCUT2D eigenvalue weighted by Gasteiger charge is -2.26. The van der Waals surface area contributed by atoms with Crippen molar-refractivity contribution in [3.8, 4) is 0 Å². The number of amides is 2. The normalized spacial score (nSPS) is 20.9. The van der Waals surface area contributed by atoms with Gasteiger partial charge in [-0.2, -0.15) is 0 Å². The van der Waals surface area contributed by atoms with E-state index in [1.807, 2.05) is 20.8 Å². The summed E-state index contributed by atoms with van der Waals surface area (Å²) in [7, 11) is 0. The van der Waals surface area contributed by atoms with Crippen LogP contribution in [0.25, 0.3) is 0 Å². The molecule has 120 valence electrons. The number of hydrogen-bond acceptors (Lipinski definition) is 3. The van der Waals surface area contributed by atoms with Gasteiger partial charge >= 0.3 is 0 Å². The van der Waals surface area contributed by atoms with Crippen molar-refractivity contribution in [2.45, 2.75) is 51.6 Å². The standard InChI is InChI=1S/C17H25N3O2/c1-4-17(10-5-11-18-17)16(22)20-14-8-6-13(7-9-14)15(21)19-12(2)3/h6-9,12,18H,4-5,10-11H2,1-3H3,(H,19,21)(H,20,22). The zero-order chi connectivity index (χ0) is 16.2. The molecular formula is C17H25N3O2. The van der Waals surface area contributed by atoms with Crippen LogP contribution >= 0.6 is 0 Å². The minimum absolute atomic E-state index is 0.00637. The molecule has 1 fully saturated rings. The van der Waals surface area contributed by atoms with E-state index in [9.17, 15) is 9.59 Å². The van der Waals surface area contributed by atoms with Gasteiger partial charge in [-0.15, -0.1) is 0 Å². The number of carbonyl (C=O) groups is 2. The molecule has 2 amide bonds. The first-order chi connectivity index (χ1) is 10.5. The molecule has 3 N–H and O–H groups in total. The van der Waals surface area contributed by atoms with Crippen molar-refractivity contribution in [3.05, 3.63) is 29.8 Å². The molecule has 1 aromatic rings. The van der Waals surface area contributed by atoms with Crippen LogP contribution in [-0.2, 0) is 4.79 Å². The molecule has 1 aliphatic heterocycles. The molecule has 1 aliphatic rings. The van der Waals surface area contributed by atoms with Gasteiger partial charge in [0.25, 0.3) is 5.91 Å². The Balaban J connectivity index is 2.02. The third-order valence-electron chi connectivity index (χ3n) is 4.11. The van der Waals surface area contributed by atoms with E-state index in [1.54, 1.807) is 24.3 Å². The van der Waals surface area contributed by atoms with E-state index >= 15 is 0 Å². The summed E-state index contributed by atoms with van der Waals surface area (Å²) in [4.78, 5) is 24.4. The van der Waals surface area contributed by atoms with Crippen LogP contribution in [0.3, 0.4) is 0 Å². The molecule has 1 atom stereocenters. The largest absolute Gasteiger partial charge is 0.350 e. The lowest BCUT2D eigenvalue weighted by Crippen LogP contribution is -2.50. The van der Waals surface area contributed by atoms with Crippen molar-refractivity contribution < 1.29 is 9.59 Å². The Labute approximate surface area is 131 Å². The van der Waals surface area contributed by atoms with Gasteiger partial charge in [0.05, 0.1) is 5.54 Å². The first kappa shape index (κ1) is 16.5. The number of rotatable bonds is 5. The van der Waals surface area contributed by atoms with Crippen molar-refractivity contribution in [3.63, 3.8) is 0 Å². The molecule has 22 heavy (non-hydrogen) atoms. The van der Waals surface area contributed by atoms with Crippen LogP contribution in [0.4, 0.5) is 5.69 Å². The predicted octanol–water partition coefficient (Wildman–Crippen LogP) is 2.30. The summed E-state index contributed by atoms with van der Waals surface area (Å²) in [6.45, 7) is 6.75. The maximum absolute atomic E-state index is 12.5. The average molecular weight is 303 g/mol. The molecule has 1 heterocycles. The van der Waals surface area contributed by atoms with Gasteiger partial charge in [-0.3, -0.25) is 9.59 Å². The second-order valence-corrected chi connectivity index (χ2v) is 6.13. The van der Waals surface area contributed by atoms with Gasteiger partial charge in [-0.25, -0.2) is 0 Å². The highest BCUT2D eigenvalue weighted by atomic mass is 16.2. The topological polar surface area (TPSA) is 70.2 Å². The predicted molar refractivity (Wildman–Crippen MR) is 87.9 cm³/mol. The van der Waals surface area contributed by atoms with Crippen LogP contribution in [0.2, 0.25) is 0 Å². The average Bonchev–Trinajstić information content (AvgIpc) is 2.97. The molecule has 2 rings (SSSR count). The van der Waals surface area contributed by atoms with E-state index in [0.717, 1.165) is 25.8 Å². The van der Waals surface area contributed by atoms with Gasteiger partial charge in [0.1, 0.15) is 0 Å². The maximum atomic E-state index is 12.5. The fourth-order valence-electron chi connectivity index (χ4n) is 2.76. The van der Waals surface area contributed by atoms with Crippen molar-refractivity contribution in [1.82, 2.24) is 10.6 Å². The summed E-state index contributed by atoms with van der Waals surface area (Å²) in [5.74, 6) is -0.0951. The molecule has 0 saturated carbocycles. The Hall–Kier alpha value is -1.88. The highest BCUT2D eigenvalue weighted by Gasteiger charge is 2.38. The summed E-state index contributed by atoms with van der Waals surface area (Å²) in [5, 5.41) is 9.11. The smallest absolute Gasteiger partial charge is 0.251 e. The Kier molecular flexibility index (Phi) is 5.19. The SMILES string of the molecule is CCC1(C(=O)Nc2ccc(C(=O)NC(C)C)cc2)CCCN1. The lowest BCUT2D eigenvalue weighted by molar-refractivity contribution is -0.122. The van der Waals surface area contributed by atoms with Crippen LogP contribution < -0.4 is 16.0 Å². The zero-order valence-electron chi connectivity index (χ0n) is 13.5. The maximum Gasteiger partial charge on any atom is 0.251 e. The minimum Gasteiger partial charge on any atom is -0.350 e. The Bertz CT molecular complexity index is 531. The van der Waals surface area contributed by atoms with Crippen LogP contribution in [-0.4, -0.2) is 29.9 Å². The molecule has 5 nitrogen and oxygen atoms in total. The fourth-order valence-corrected chi connectivity index (χ4v) is 2.76. The highest BCUT2D eigenvalue weighted by Crippen LogP contribution is 2.25. The summed E-state index contributed by atoms with van der Waals surface area (Å²) in [6.07, 6.45) is 2.66. The van der Waals surface area contributed by atoms with E-state index in [0.29, 0.717) is 11.3 Å². The van der Waals surface area contributed by atoms with Crippen LogP contribution in [0, 0.1) is 0 Å². The van der Waals surface area contributed by atoms with E-state index in [2.05, 4.69) is 16.0 Å². The quantitative estimate of drug-likeness (QED) is 0.781. The molecule has 0 bridgehead atoms. The number of carbonyl (C=O) groups excluding carboxylic acids is 2. The van der Waals surface area contributed by atoms with Gasteiger partial charge in [0.15, 0.2) is 0 Å². The number of nitrogens with one attached hydrogen (secondary N) is 3. The number of anilines is 1. The summed E-state index contributed by atoms with van der Waals surface area (Å²) >= 11 is 0. The van der Waals surface area contributed by atoms with Crippen molar-refractivity contribution >= 4 is 17.5 Å². The Morgan fingerprint density at radius 3 is 2.45 bits per heavy atom. The van der Waals surface area contributed by atoms with E-state index in [4.69, 9.17) is 0 Å². The van der Waals surface area contributed by atoms with Crippen molar-refractivity contribution in [2.24, 2.45) is 0 Å². The highest BCUT2D eigenvalue weighted by molar-refractivity contribution is 5.99. The van der Waals surface area contributed by atoms with Crippen LogP contribution in [0.1, 0.15) is 50.4 Å². The van der Waals surface area contributed by atoms with Gasteiger partial charge in [-0.05, 0) is 63.9 Å². The second kappa shape index (κ2) is 6.92. The number of hydrogen-bond donors (Lipinski definition) is 3. The Morgan fingerprint density at radius 1 is 1.27 bits per heavy atom. The molecule has 0 radical (unpaired) electrons. The molecule has 1 saturated heterocycles. The molecule has 0 aromatic heterocycles. The molecule has 5 heteroatoms. The summed E-state index contributed by atoms with van der Waals surface area (Å²) in [5.41, 5.74) is 0.858. The summed E-state index contributed by atoms with van der Waals surface area (Å²) in [6, 6.07) is 7.10. The lowest BCUT2D eigenvalue weighted by atomic mass is 9.93. The minimum atomic E-state index is -0.451. The van der Waals surface area contributed by atoms with E-state index < -0.39 is 5.54 Å². The molecule has 1 unspecified atom stereocenters. The van der Waals surface area contributed by atoms with Gasteiger partial charge in [-0.1, -0.05) is 6.92 Å². The number of benzene rings is 1. The monoisotopic (exact) mass is 303 g/mol. The second-order valence-electron chi connectivity index (χ2n) is 6.13. The summed E-state index contributed by atoms with van der Waals surface area (Å²) < 4.78 is 0. The Morgan fingerprint density at radius 2 is 1.95 bits per heavy atom. The first-order valence-corrected chi connectivity index (χ1v) is 7.94. The van der Waals surface area contributed by atoms with Gasteiger partial charge < -0.3 is 16.0 Å². The van der Waals surface area contributed by atoms with Crippen molar-refractivity contribution in [2.75, 3.05) is 11.9 Å². The van der Waals surface area contributed by atoms with E-state index in [1.165, 1.54) is 0 Å². The molecular weight excluding hydrogens is 278 g/mol. The van der Waals surface area contributed by atoms with Crippen LogP contribution in [0.15, 0.2) is 24.3 Å². The third-order valence-corrected chi connectivity index (χ3v) is 4.11. The molecule has 0 spiro atoms. The van der Waals surface area contributed by atoms with Crippen molar-refractivity contribution in [1.29, 1.82) is 0 Å².